The highest BCUT2D eigenvalue weighted by Gasteiger charge is 2.62. The third-order valence-corrected chi connectivity index (χ3v) is 9.94. The van der Waals surface area contributed by atoms with E-state index in [9.17, 15) is 14.4 Å². The maximum Gasteiger partial charge on any atom is 0.310 e. The number of Topliss-reactive ketones (excluding diaryl/α,β-unsaturated/α-hetero) is 1. The van der Waals surface area contributed by atoms with Gasteiger partial charge in [0.15, 0.2) is 5.78 Å². The SMILES string of the molecule is C=CCC1=C(C)C(OC(=O)C2C(C=C(C)C)C2(C)C)CC1=O.CC(C)=CC1C(C(=O)OCc2coc(Cc3ccccc3)c2)C1(C)C. The highest BCUT2D eigenvalue weighted by molar-refractivity contribution is 6.00. The van der Waals surface area contributed by atoms with E-state index in [0.29, 0.717) is 6.42 Å². The summed E-state index contributed by atoms with van der Waals surface area (Å²) in [5, 5.41) is 0. The van der Waals surface area contributed by atoms with Crippen molar-refractivity contribution in [3.05, 3.63) is 107 Å². The minimum atomic E-state index is -0.390. The van der Waals surface area contributed by atoms with Crippen molar-refractivity contribution in [2.75, 3.05) is 0 Å². The molecule has 0 bridgehead atoms. The average Bonchev–Trinajstić information content (AvgIpc) is 3.50. The predicted octanol–water partition coefficient (Wildman–Crippen LogP) is 9.15. The van der Waals surface area contributed by atoms with Crippen molar-refractivity contribution >= 4 is 17.7 Å². The first-order valence-electron chi connectivity index (χ1n) is 16.7. The van der Waals surface area contributed by atoms with Crippen LogP contribution in [0.25, 0.3) is 0 Å². The fraction of sp³-hybridized carbons (Fsp3) is 0.488. The minimum Gasteiger partial charge on any atom is -0.469 e. The lowest BCUT2D eigenvalue weighted by Gasteiger charge is -2.13. The maximum atomic E-state index is 12.5. The molecule has 2 aromatic rings. The summed E-state index contributed by atoms with van der Waals surface area (Å²) in [5.41, 5.74) is 6.13. The minimum absolute atomic E-state index is 0.0107. The number of ether oxygens (including phenoxy) is 2. The van der Waals surface area contributed by atoms with E-state index in [4.69, 9.17) is 13.9 Å². The number of ketones is 1. The van der Waals surface area contributed by atoms with Crippen molar-refractivity contribution in [3.63, 3.8) is 0 Å². The first kappa shape index (κ1) is 35.9. The van der Waals surface area contributed by atoms with Crippen LogP contribution in [0.1, 0.15) is 92.0 Å². The Kier molecular flexibility index (Phi) is 11.0. The van der Waals surface area contributed by atoms with Gasteiger partial charge < -0.3 is 13.9 Å². The molecule has 2 fully saturated rings. The van der Waals surface area contributed by atoms with Gasteiger partial charge in [0.25, 0.3) is 0 Å². The molecule has 5 unspecified atom stereocenters. The summed E-state index contributed by atoms with van der Waals surface area (Å²) in [6.07, 6.45) is 8.91. The molecule has 5 atom stereocenters. The lowest BCUT2D eigenvalue weighted by molar-refractivity contribution is -0.150. The summed E-state index contributed by atoms with van der Waals surface area (Å²) < 4.78 is 16.8. The van der Waals surface area contributed by atoms with Gasteiger partial charge in [-0.1, -0.05) is 87.4 Å². The molecule has 0 aliphatic heterocycles. The van der Waals surface area contributed by atoms with Gasteiger partial charge in [-0.05, 0) is 80.9 Å². The van der Waals surface area contributed by atoms with Crippen molar-refractivity contribution < 1.29 is 28.3 Å². The molecular formula is C41H52O6. The molecule has 47 heavy (non-hydrogen) atoms. The molecular weight excluding hydrogens is 588 g/mol. The van der Waals surface area contributed by atoms with E-state index in [1.165, 1.54) is 16.7 Å². The fourth-order valence-corrected chi connectivity index (χ4v) is 6.85. The second kappa shape index (κ2) is 14.5. The predicted molar refractivity (Wildman–Crippen MR) is 185 cm³/mol. The Labute approximate surface area is 281 Å². The molecule has 3 aliphatic rings. The van der Waals surface area contributed by atoms with Crippen LogP contribution in [-0.4, -0.2) is 23.8 Å². The molecule has 1 aromatic carbocycles. The largest absolute Gasteiger partial charge is 0.469 e. The zero-order valence-corrected chi connectivity index (χ0v) is 29.6. The van der Waals surface area contributed by atoms with Gasteiger partial charge in [-0.25, -0.2) is 0 Å². The quantitative estimate of drug-likeness (QED) is 0.180. The highest BCUT2D eigenvalue weighted by atomic mass is 16.5. The van der Waals surface area contributed by atoms with E-state index in [0.717, 1.165) is 28.9 Å². The molecule has 1 aromatic heterocycles. The third-order valence-electron chi connectivity index (χ3n) is 9.94. The topological polar surface area (TPSA) is 82.8 Å². The van der Waals surface area contributed by atoms with Gasteiger partial charge in [0.05, 0.1) is 24.5 Å². The molecule has 1 heterocycles. The molecule has 6 nitrogen and oxygen atoms in total. The van der Waals surface area contributed by atoms with Crippen LogP contribution in [0.4, 0.5) is 0 Å². The van der Waals surface area contributed by atoms with E-state index in [1.54, 1.807) is 12.3 Å². The van der Waals surface area contributed by atoms with Crippen molar-refractivity contribution in [1.29, 1.82) is 0 Å². The van der Waals surface area contributed by atoms with Crippen molar-refractivity contribution in [3.8, 4) is 0 Å². The number of benzene rings is 1. The lowest BCUT2D eigenvalue weighted by Crippen LogP contribution is -2.20. The Balaban J connectivity index is 0.000000215. The Morgan fingerprint density at radius 3 is 2.04 bits per heavy atom. The maximum absolute atomic E-state index is 12.5. The number of furan rings is 1. The molecule has 0 N–H and O–H groups in total. The monoisotopic (exact) mass is 640 g/mol. The fourth-order valence-electron chi connectivity index (χ4n) is 6.85. The summed E-state index contributed by atoms with van der Waals surface area (Å²) in [6.45, 7) is 22.5. The lowest BCUT2D eigenvalue weighted by atomic mass is 10.1. The summed E-state index contributed by atoms with van der Waals surface area (Å²) in [5.74, 6) is 1.04. The summed E-state index contributed by atoms with van der Waals surface area (Å²) in [4.78, 5) is 36.9. The van der Waals surface area contributed by atoms with Crippen LogP contribution in [0, 0.1) is 34.5 Å². The number of hydrogen-bond acceptors (Lipinski definition) is 6. The number of rotatable bonds is 11. The Bertz CT molecular complexity index is 1570. The molecule has 0 spiro atoms. The van der Waals surface area contributed by atoms with Crippen LogP contribution in [0.5, 0.6) is 0 Å². The van der Waals surface area contributed by atoms with Crippen LogP contribution in [0.3, 0.4) is 0 Å². The van der Waals surface area contributed by atoms with Crippen LogP contribution in [0.2, 0.25) is 0 Å². The van der Waals surface area contributed by atoms with Crippen LogP contribution in [0.15, 0.2) is 94.2 Å². The molecule has 2 saturated carbocycles. The molecule has 0 radical (unpaired) electrons. The zero-order chi connectivity index (χ0) is 34.7. The first-order chi connectivity index (χ1) is 22.1. The van der Waals surface area contributed by atoms with Crippen LogP contribution in [-0.2, 0) is 36.9 Å². The van der Waals surface area contributed by atoms with Gasteiger partial charge in [-0.3, -0.25) is 14.4 Å². The third kappa shape index (κ3) is 8.51. The van der Waals surface area contributed by atoms with Gasteiger partial charge in [0.2, 0.25) is 0 Å². The second-order valence-corrected chi connectivity index (χ2v) is 15.0. The molecule has 0 amide bonds. The van der Waals surface area contributed by atoms with E-state index in [1.807, 2.05) is 45.0 Å². The van der Waals surface area contributed by atoms with Gasteiger partial charge in [0, 0.05) is 17.6 Å². The van der Waals surface area contributed by atoms with Crippen LogP contribution >= 0.6 is 0 Å². The van der Waals surface area contributed by atoms with Crippen molar-refractivity contribution in [1.82, 2.24) is 0 Å². The number of allylic oxidation sites excluding steroid dienone is 6. The molecule has 252 valence electrons. The number of hydrogen-bond donors (Lipinski definition) is 0. The number of carbonyl (C=O) groups is 3. The van der Waals surface area contributed by atoms with Crippen LogP contribution < -0.4 is 0 Å². The molecule has 0 saturated heterocycles. The Morgan fingerprint density at radius 2 is 1.49 bits per heavy atom. The van der Waals surface area contributed by atoms with Gasteiger partial charge in [-0.15, -0.1) is 6.58 Å². The summed E-state index contributed by atoms with van der Waals surface area (Å²) in [6, 6.07) is 12.1. The van der Waals surface area contributed by atoms with E-state index in [2.05, 4.69) is 72.4 Å². The first-order valence-corrected chi connectivity index (χ1v) is 16.7. The van der Waals surface area contributed by atoms with E-state index in [-0.39, 0.29) is 65.3 Å². The molecule has 6 heteroatoms. The highest BCUT2D eigenvalue weighted by Crippen LogP contribution is 2.60. The number of esters is 2. The van der Waals surface area contributed by atoms with Crippen molar-refractivity contribution in [2.24, 2.45) is 34.5 Å². The van der Waals surface area contributed by atoms with E-state index < -0.39 is 6.10 Å². The summed E-state index contributed by atoms with van der Waals surface area (Å²) in [7, 11) is 0. The zero-order valence-electron chi connectivity index (χ0n) is 29.6. The Hall–Kier alpha value is -3.93. The second-order valence-electron chi connectivity index (χ2n) is 15.0. The van der Waals surface area contributed by atoms with Gasteiger partial charge in [-0.2, -0.15) is 0 Å². The average molecular weight is 641 g/mol. The number of carbonyl (C=O) groups excluding carboxylic acids is 3. The smallest absolute Gasteiger partial charge is 0.310 e. The normalized spacial score (nSPS) is 24.8. The van der Waals surface area contributed by atoms with E-state index >= 15 is 0 Å². The molecule has 3 aliphatic carbocycles. The van der Waals surface area contributed by atoms with Gasteiger partial charge in [0.1, 0.15) is 18.5 Å². The van der Waals surface area contributed by atoms with Gasteiger partial charge >= 0.3 is 11.9 Å². The van der Waals surface area contributed by atoms with Crippen molar-refractivity contribution in [2.45, 2.75) is 94.3 Å². The molecule has 5 rings (SSSR count). The summed E-state index contributed by atoms with van der Waals surface area (Å²) >= 11 is 0. The standard InChI is InChI=1S/C22H26O3.C19H26O3/c1-15(2)10-19-20(22(19,3)4)21(23)25-14-17-12-18(24-13-17)11-16-8-6-5-7-9-16;1-7-8-13-12(4)16(10-15(13)20)22-18(21)17-14(9-11(2)3)19(17,5)6/h5-10,12-13,19-20H,11,14H2,1-4H3;7,9,14,16-17H,1,8,10H2,2-6H3. The Morgan fingerprint density at radius 1 is 0.915 bits per heavy atom.